The van der Waals surface area contributed by atoms with Crippen LogP contribution in [0.4, 0.5) is 13.2 Å². The molecule has 5 nitrogen and oxygen atoms in total. The van der Waals surface area contributed by atoms with Crippen molar-refractivity contribution in [3.63, 3.8) is 0 Å². The van der Waals surface area contributed by atoms with E-state index in [1.807, 2.05) is 12.1 Å². The third kappa shape index (κ3) is 4.69. The molecule has 2 aromatic rings. The fourth-order valence-corrected chi connectivity index (χ4v) is 2.91. The van der Waals surface area contributed by atoms with Crippen LogP contribution in [0.15, 0.2) is 47.4 Å². The van der Waals surface area contributed by atoms with E-state index in [1.54, 1.807) is 19.2 Å². The van der Waals surface area contributed by atoms with E-state index in [2.05, 4.69) is 5.32 Å². The van der Waals surface area contributed by atoms with Gasteiger partial charge in [0.05, 0.1) is 18.7 Å². The number of halogens is 3. The van der Waals surface area contributed by atoms with Crippen LogP contribution in [0.2, 0.25) is 0 Å². The fourth-order valence-electron chi connectivity index (χ4n) is 2.91. The highest BCUT2D eigenvalue weighted by molar-refractivity contribution is 5.76. The summed E-state index contributed by atoms with van der Waals surface area (Å²) in [5.41, 5.74) is -0.739. The number of alkyl halides is 3. The van der Waals surface area contributed by atoms with Crippen molar-refractivity contribution in [2.45, 2.75) is 31.6 Å². The maximum Gasteiger partial charge on any atom is 0.417 e. The quantitative estimate of drug-likeness (QED) is 0.838. The molecule has 1 unspecified atom stereocenters. The minimum atomic E-state index is -4.58. The molecule has 0 aliphatic heterocycles. The summed E-state index contributed by atoms with van der Waals surface area (Å²) in [5, 5.41) is 2.85. The maximum atomic E-state index is 12.8. The van der Waals surface area contributed by atoms with Crippen LogP contribution in [0.3, 0.4) is 0 Å². The van der Waals surface area contributed by atoms with Crippen molar-refractivity contribution >= 4 is 5.91 Å². The first-order valence-electron chi connectivity index (χ1n) is 8.49. The molecule has 8 heteroatoms. The molecule has 144 valence electrons. The Bertz CT molecular complexity index is 871. The summed E-state index contributed by atoms with van der Waals surface area (Å²) < 4.78 is 44.3. The average Bonchev–Trinajstić information content (AvgIpc) is 3.46. The van der Waals surface area contributed by atoms with Crippen LogP contribution in [-0.4, -0.2) is 17.6 Å². The van der Waals surface area contributed by atoms with Crippen molar-refractivity contribution < 1.29 is 22.7 Å². The van der Waals surface area contributed by atoms with Crippen molar-refractivity contribution in [2.75, 3.05) is 7.11 Å². The molecule has 0 saturated heterocycles. The summed E-state index contributed by atoms with van der Waals surface area (Å²) in [5.74, 6) is 0.458. The second-order valence-electron chi connectivity index (χ2n) is 6.54. The minimum absolute atomic E-state index is 0.245. The lowest BCUT2D eigenvalue weighted by atomic mass is 10.0. The fraction of sp³-hybridized carbons (Fsp3) is 0.368. The molecule has 0 radical (unpaired) electrons. The van der Waals surface area contributed by atoms with Crippen LogP contribution in [-0.2, 0) is 17.5 Å². The van der Waals surface area contributed by atoms with Crippen LogP contribution in [0, 0.1) is 5.92 Å². The predicted octanol–water partition coefficient (Wildman–Crippen LogP) is 3.14. The molecule has 1 fully saturated rings. The number of ether oxygens (including phenoxy) is 1. The number of carbonyl (C=O) groups excluding carboxylic acids is 1. The molecule has 1 N–H and O–H groups in total. The van der Waals surface area contributed by atoms with E-state index in [-0.39, 0.29) is 12.0 Å². The van der Waals surface area contributed by atoms with E-state index in [4.69, 9.17) is 4.74 Å². The lowest BCUT2D eigenvalue weighted by Crippen LogP contribution is -2.35. The van der Waals surface area contributed by atoms with Crippen LogP contribution < -0.4 is 15.6 Å². The molecule has 1 aliphatic carbocycles. The first-order chi connectivity index (χ1) is 12.8. The Hall–Kier alpha value is -2.77. The minimum Gasteiger partial charge on any atom is -0.497 e. The molecule has 27 heavy (non-hydrogen) atoms. The van der Waals surface area contributed by atoms with Crippen molar-refractivity contribution in [1.82, 2.24) is 9.88 Å². The number of hydrogen-bond acceptors (Lipinski definition) is 3. The van der Waals surface area contributed by atoms with Crippen molar-refractivity contribution in [2.24, 2.45) is 5.92 Å². The number of amides is 1. The standard InChI is InChI=1S/C19H19F3N2O3/c1-27-15-7-4-13(5-8-15)18(12-2-3-12)23-16(25)11-24-10-14(19(20,21)22)6-9-17(24)26/h4-10,12,18H,2-3,11H2,1H3,(H,23,25). The van der Waals surface area contributed by atoms with Gasteiger partial charge >= 0.3 is 6.18 Å². The maximum absolute atomic E-state index is 12.8. The van der Waals surface area contributed by atoms with Gasteiger partial charge in [0.25, 0.3) is 5.56 Å². The van der Waals surface area contributed by atoms with E-state index >= 15 is 0 Å². The van der Waals surface area contributed by atoms with E-state index in [0.29, 0.717) is 18.0 Å². The smallest absolute Gasteiger partial charge is 0.417 e. The van der Waals surface area contributed by atoms with Crippen LogP contribution >= 0.6 is 0 Å². The van der Waals surface area contributed by atoms with Gasteiger partial charge in [-0.3, -0.25) is 9.59 Å². The number of aromatic nitrogens is 1. The van der Waals surface area contributed by atoms with Gasteiger partial charge in [0.1, 0.15) is 12.3 Å². The third-order valence-corrected chi connectivity index (χ3v) is 4.51. The second kappa shape index (κ2) is 7.46. The van der Waals surface area contributed by atoms with E-state index in [9.17, 15) is 22.8 Å². The lowest BCUT2D eigenvalue weighted by Gasteiger charge is -2.20. The molecule has 1 amide bonds. The van der Waals surface area contributed by atoms with Gasteiger partial charge < -0.3 is 14.6 Å². The highest BCUT2D eigenvalue weighted by Crippen LogP contribution is 2.41. The topological polar surface area (TPSA) is 60.3 Å². The van der Waals surface area contributed by atoms with Gasteiger partial charge in [-0.15, -0.1) is 0 Å². The molecule has 1 heterocycles. The number of pyridine rings is 1. The number of rotatable bonds is 6. The normalized spacial score (nSPS) is 15.3. The van der Waals surface area contributed by atoms with Gasteiger partial charge in [0.15, 0.2) is 0 Å². The van der Waals surface area contributed by atoms with Gasteiger partial charge in [0.2, 0.25) is 5.91 Å². The van der Waals surface area contributed by atoms with Gasteiger partial charge in [-0.1, -0.05) is 12.1 Å². The molecule has 3 rings (SSSR count). The largest absolute Gasteiger partial charge is 0.497 e. The first-order valence-corrected chi connectivity index (χ1v) is 8.49. The lowest BCUT2D eigenvalue weighted by molar-refractivity contribution is -0.138. The molecule has 1 aromatic heterocycles. The summed E-state index contributed by atoms with van der Waals surface area (Å²) in [7, 11) is 1.56. The van der Waals surface area contributed by atoms with Gasteiger partial charge in [-0.25, -0.2) is 0 Å². The van der Waals surface area contributed by atoms with Crippen LogP contribution in [0.25, 0.3) is 0 Å². The van der Waals surface area contributed by atoms with E-state index in [0.717, 1.165) is 29.0 Å². The molecule has 0 spiro atoms. The summed E-state index contributed by atoms with van der Waals surface area (Å²) >= 11 is 0. The molecule has 1 saturated carbocycles. The first kappa shape index (κ1) is 19.0. The number of carbonyl (C=O) groups is 1. The zero-order chi connectivity index (χ0) is 19.6. The van der Waals surface area contributed by atoms with E-state index in [1.165, 1.54) is 0 Å². The summed E-state index contributed by atoms with van der Waals surface area (Å²) in [6, 6.07) is 8.54. The Morgan fingerprint density at radius 1 is 1.22 bits per heavy atom. The Balaban J connectivity index is 1.74. The zero-order valence-corrected chi connectivity index (χ0v) is 14.6. The van der Waals surface area contributed by atoms with Crippen molar-refractivity contribution in [3.05, 3.63) is 64.1 Å². The Morgan fingerprint density at radius 3 is 2.44 bits per heavy atom. The molecular formula is C19H19F3N2O3. The molecule has 0 bridgehead atoms. The van der Waals surface area contributed by atoms with E-state index < -0.39 is 29.8 Å². The van der Waals surface area contributed by atoms with Gasteiger partial charge in [-0.05, 0) is 42.5 Å². The third-order valence-electron chi connectivity index (χ3n) is 4.51. The number of benzene rings is 1. The second-order valence-corrected chi connectivity index (χ2v) is 6.54. The summed E-state index contributed by atoms with van der Waals surface area (Å²) in [6.07, 6.45) is -1.99. The zero-order valence-electron chi connectivity index (χ0n) is 14.6. The van der Waals surface area contributed by atoms with Crippen molar-refractivity contribution in [3.8, 4) is 5.75 Å². The van der Waals surface area contributed by atoms with Gasteiger partial charge in [-0.2, -0.15) is 13.2 Å². The average molecular weight is 380 g/mol. The SMILES string of the molecule is COc1ccc(C(NC(=O)Cn2cc(C(F)(F)F)ccc2=O)C2CC2)cc1. The van der Waals surface area contributed by atoms with Crippen LogP contribution in [0.1, 0.15) is 30.0 Å². The molecule has 1 atom stereocenters. The Labute approximate surface area is 153 Å². The number of hydrogen-bond donors (Lipinski definition) is 1. The van der Waals surface area contributed by atoms with Crippen molar-refractivity contribution in [1.29, 1.82) is 0 Å². The number of nitrogens with one attached hydrogen (secondary N) is 1. The molecule has 1 aliphatic rings. The Kier molecular flexibility index (Phi) is 5.25. The highest BCUT2D eigenvalue weighted by Gasteiger charge is 2.34. The highest BCUT2D eigenvalue weighted by atomic mass is 19.4. The molecular weight excluding hydrogens is 361 g/mol. The summed E-state index contributed by atoms with van der Waals surface area (Å²) in [4.78, 5) is 24.2. The number of methoxy groups -OCH3 is 1. The Morgan fingerprint density at radius 2 is 1.89 bits per heavy atom. The molecule has 1 aromatic carbocycles. The number of nitrogens with zero attached hydrogens (tertiary/aromatic N) is 1. The summed E-state index contributed by atoms with van der Waals surface area (Å²) in [6.45, 7) is -0.470. The van der Waals surface area contributed by atoms with Gasteiger partial charge in [0, 0.05) is 12.3 Å². The van der Waals surface area contributed by atoms with Crippen LogP contribution in [0.5, 0.6) is 5.75 Å². The predicted molar refractivity (Wildman–Crippen MR) is 92.3 cm³/mol. The monoisotopic (exact) mass is 380 g/mol.